The van der Waals surface area contributed by atoms with Crippen LogP contribution in [0.4, 0.5) is 0 Å². The minimum atomic E-state index is 0.740. The van der Waals surface area contributed by atoms with E-state index in [1.807, 2.05) is 13.8 Å². The van der Waals surface area contributed by atoms with Crippen molar-refractivity contribution in [3.63, 3.8) is 0 Å². The van der Waals surface area contributed by atoms with Crippen molar-refractivity contribution in [1.82, 2.24) is 4.90 Å². The second kappa shape index (κ2) is 14.4. The summed E-state index contributed by atoms with van der Waals surface area (Å²) in [5.41, 5.74) is 10.9. The Morgan fingerprint density at radius 2 is 1.38 bits per heavy atom. The van der Waals surface area contributed by atoms with Gasteiger partial charge in [0.2, 0.25) is 0 Å². The molecule has 0 heterocycles. The summed E-state index contributed by atoms with van der Waals surface area (Å²) < 4.78 is 0. The number of unbranched alkanes of at least 4 members (excludes halogenated alkanes) is 1. The molecule has 0 radical (unpaired) electrons. The molecule has 13 heavy (non-hydrogen) atoms. The molecule has 0 saturated heterocycles. The van der Waals surface area contributed by atoms with Gasteiger partial charge in [-0.1, -0.05) is 27.2 Å². The van der Waals surface area contributed by atoms with Crippen LogP contribution in [-0.2, 0) is 0 Å². The van der Waals surface area contributed by atoms with Gasteiger partial charge in [-0.25, -0.2) is 0 Å². The summed E-state index contributed by atoms with van der Waals surface area (Å²) in [5, 5.41) is 0. The fraction of sp³-hybridized carbons (Fsp3) is 1.00. The van der Waals surface area contributed by atoms with Gasteiger partial charge in [-0.15, -0.1) is 0 Å². The summed E-state index contributed by atoms with van der Waals surface area (Å²) in [4.78, 5) is 2.32. The van der Waals surface area contributed by atoms with E-state index in [0.717, 1.165) is 32.7 Å². The molecule has 0 fully saturated rings. The van der Waals surface area contributed by atoms with E-state index in [1.54, 1.807) is 0 Å². The molecule has 0 aromatic rings. The van der Waals surface area contributed by atoms with Crippen LogP contribution in [0.3, 0.4) is 0 Å². The van der Waals surface area contributed by atoms with Gasteiger partial charge in [0, 0.05) is 26.2 Å². The normalized spacial score (nSPS) is 9.69. The summed E-state index contributed by atoms with van der Waals surface area (Å²) in [5.74, 6) is 0. The Hall–Kier alpha value is -0.120. The Kier molecular flexibility index (Phi) is 17.0. The number of nitrogens with two attached hydrogens (primary N) is 2. The molecule has 0 aliphatic carbocycles. The van der Waals surface area contributed by atoms with Gasteiger partial charge in [-0.05, 0) is 13.0 Å². The van der Waals surface area contributed by atoms with Crippen LogP contribution in [0.2, 0.25) is 0 Å². The molecule has 3 nitrogen and oxygen atoms in total. The molecule has 0 atom stereocenters. The van der Waals surface area contributed by atoms with Crippen molar-refractivity contribution in [3.8, 4) is 0 Å². The maximum atomic E-state index is 5.45. The maximum Gasteiger partial charge on any atom is 0.0105 e. The maximum absolute atomic E-state index is 5.45. The molecule has 0 bridgehead atoms. The first-order valence-corrected chi connectivity index (χ1v) is 5.47. The first kappa shape index (κ1) is 15.4. The second-order valence-corrected chi connectivity index (χ2v) is 2.77. The Morgan fingerprint density at radius 3 is 1.69 bits per heavy atom. The van der Waals surface area contributed by atoms with Crippen LogP contribution in [0.1, 0.15) is 33.6 Å². The monoisotopic (exact) mass is 189 g/mol. The third-order valence-electron chi connectivity index (χ3n) is 1.72. The van der Waals surface area contributed by atoms with Crippen LogP contribution in [0.5, 0.6) is 0 Å². The van der Waals surface area contributed by atoms with Gasteiger partial charge in [0.1, 0.15) is 0 Å². The van der Waals surface area contributed by atoms with Crippen molar-refractivity contribution < 1.29 is 0 Å². The van der Waals surface area contributed by atoms with Crippen LogP contribution >= 0.6 is 0 Å². The molecule has 0 saturated carbocycles. The SMILES string of the molecule is CC.CCCCN(CCN)CCN. The molecule has 0 amide bonds. The van der Waals surface area contributed by atoms with Crippen LogP contribution < -0.4 is 11.5 Å². The van der Waals surface area contributed by atoms with E-state index in [0.29, 0.717) is 0 Å². The molecular weight excluding hydrogens is 162 g/mol. The molecule has 0 aromatic carbocycles. The summed E-state index contributed by atoms with van der Waals surface area (Å²) in [7, 11) is 0. The molecule has 3 heteroatoms. The highest BCUT2D eigenvalue weighted by molar-refractivity contribution is 4.57. The fourth-order valence-electron chi connectivity index (χ4n) is 1.08. The van der Waals surface area contributed by atoms with Crippen molar-refractivity contribution in [2.45, 2.75) is 33.6 Å². The highest BCUT2D eigenvalue weighted by Gasteiger charge is 1.99. The van der Waals surface area contributed by atoms with Crippen LogP contribution in [0.15, 0.2) is 0 Å². The van der Waals surface area contributed by atoms with Gasteiger partial charge in [-0.3, -0.25) is 0 Å². The zero-order valence-electron chi connectivity index (χ0n) is 9.55. The topological polar surface area (TPSA) is 55.3 Å². The lowest BCUT2D eigenvalue weighted by Gasteiger charge is -2.19. The molecule has 0 spiro atoms. The van der Waals surface area contributed by atoms with Gasteiger partial charge in [0.05, 0.1) is 0 Å². The minimum Gasteiger partial charge on any atom is -0.329 e. The first-order valence-electron chi connectivity index (χ1n) is 5.47. The second-order valence-electron chi connectivity index (χ2n) is 2.77. The molecule has 0 aliphatic rings. The molecule has 82 valence electrons. The van der Waals surface area contributed by atoms with Crippen molar-refractivity contribution in [3.05, 3.63) is 0 Å². The van der Waals surface area contributed by atoms with E-state index in [2.05, 4.69) is 11.8 Å². The average Bonchev–Trinajstić information content (AvgIpc) is 2.18. The predicted molar refractivity (Wildman–Crippen MR) is 60.8 cm³/mol. The molecule has 0 aliphatic heterocycles. The first-order chi connectivity index (χ1) is 6.35. The van der Waals surface area contributed by atoms with Gasteiger partial charge in [0.25, 0.3) is 0 Å². The summed E-state index contributed by atoms with van der Waals surface area (Å²) in [6.07, 6.45) is 2.49. The Morgan fingerprint density at radius 1 is 0.923 bits per heavy atom. The third-order valence-corrected chi connectivity index (χ3v) is 1.72. The lowest BCUT2D eigenvalue weighted by atomic mass is 10.3. The Labute approximate surface area is 83.5 Å². The number of rotatable bonds is 7. The smallest absolute Gasteiger partial charge is 0.0105 e. The minimum absolute atomic E-state index is 0.740. The zero-order valence-corrected chi connectivity index (χ0v) is 9.55. The summed E-state index contributed by atoms with van der Waals surface area (Å²) in [6, 6.07) is 0. The van der Waals surface area contributed by atoms with E-state index in [1.165, 1.54) is 12.8 Å². The van der Waals surface area contributed by atoms with Crippen LogP contribution in [0.25, 0.3) is 0 Å². The van der Waals surface area contributed by atoms with Crippen LogP contribution in [-0.4, -0.2) is 37.6 Å². The molecule has 0 unspecified atom stereocenters. The molecule has 0 rings (SSSR count). The number of hydrogen-bond acceptors (Lipinski definition) is 3. The Balaban J connectivity index is 0. The highest BCUT2D eigenvalue weighted by atomic mass is 15.1. The number of nitrogens with zero attached hydrogens (tertiary/aromatic N) is 1. The standard InChI is InChI=1S/C8H21N3.C2H6/c1-2-3-6-11(7-4-9)8-5-10;1-2/h2-10H2,1H3;1-2H3. The third kappa shape index (κ3) is 11.9. The average molecular weight is 189 g/mol. The van der Waals surface area contributed by atoms with Gasteiger partial charge in [-0.2, -0.15) is 0 Å². The van der Waals surface area contributed by atoms with E-state index < -0.39 is 0 Å². The molecule has 0 aromatic heterocycles. The number of hydrogen-bond donors (Lipinski definition) is 2. The summed E-state index contributed by atoms with van der Waals surface area (Å²) in [6.45, 7) is 10.8. The van der Waals surface area contributed by atoms with Crippen molar-refractivity contribution in [2.75, 3.05) is 32.7 Å². The lowest BCUT2D eigenvalue weighted by molar-refractivity contribution is 0.284. The van der Waals surface area contributed by atoms with Crippen molar-refractivity contribution in [2.24, 2.45) is 11.5 Å². The largest absolute Gasteiger partial charge is 0.329 e. The zero-order chi connectivity index (χ0) is 10.5. The van der Waals surface area contributed by atoms with E-state index >= 15 is 0 Å². The molecular formula is C10H27N3. The lowest BCUT2D eigenvalue weighted by Crippen LogP contribution is -2.34. The Bertz CT molecular complexity index is 70.6. The van der Waals surface area contributed by atoms with Gasteiger partial charge >= 0.3 is 0 Å². The quantitative estimate of drug-likeness (QED) is 0.629. The molecule has 4 N–H and O–H groups in total. The highest BCUT2D eigenvalue weighted by Crippen LogP contribution is 1.92. The van der Waals surface area contributed by atoms with Crippen molar-refractivity contribution >= 4 is 0 Å². The summed E-state index contributed by atoms with van der Waals surface area (Å²) >= 11 is 0. The van der Waals surface area contributed by atoms with Gasteiger partial charge in [0.15, 0.2) is 0 Å². The van der Waals surface area contributed by atoms with E-state index in [4.69, 9.17) is 11.5 Å². The van der Waals surface area contributed by atoms with Gasteiger partial charge < -0.3 is 16.4 Å². The predicted octanol–water partition coefficient (Wildman–Crippen LogP) is 1.03. The van der Waals surface area contributed by atoms with E-state index in [9.17, 15) is 0 Å². The fourth-order valence-corrected chi connectivity index (χ4v) is 1.08. The van der Waals surface area contributed by atoms with E-state index in [-0.39, 0.29) is 0 Å². The van der Waals surface area contributed by atoms with Crippen molar-refractivity contribution in [1.29, 1.82) is 0 Å². The van der Waals surface area contributed by atoms with Crippen LogP contribution in [0, 0.1) is 0 Å².